The monoisotopic (exact) mass is 698 g/mol. The van der Waals surface area contributed by atoms with Crippen LogP contribution in [0.25, 0.3) is 22.3 Å². The number of pyridine rings is 4. The Hall–Kier alpha value is -5.26. The molecule has 0 fully saturated rings. The van der Waals surface area contributed by atoms with E-state index < -0.39 is 23.4 Å². The molecule has 0 unspecified atom stereocenters. The Balaban J connectivity index is 0.000000270. The van der Waals surface area contributed by atoms with E-state index in [1.807, 2.05) is 63.4 Å². The first-order valence-corrected chi connectivity index (χ1v) is 15.3. The van der Waals surface area contributed by atoms with E-state index in [0.717, 1.165) is 32.3 Å². The average molecular weight is 700 g/mol. The first-order valence-electron chi connectivity index (χ1n) is 14.5. The molecule has 244 valence electrons. The van der Waals surface area contributed by atoms with Crippen molar-refractivity contribution in [2.24, 2.45) is 0 Å². The number of hydrogen-bond acceptors (Lipinski definition) is 8. The second kappa shape index (κ2) is 19.3. The minimum absolute atomic E-state index is 0.203. The normalized spacial score (nSPS) is 10.2. The molecule has 2 N–H and O–H groups in total. The minimum atomic E-state index is -0.520. The summed E-state index contributed by atoms with van der Waals surface area (Å²) in [7, 11) is 0. The molecule has 0 aliphatic heterocycles. The number of rotatable bonds is 4. The van der Waals surface area contributed by atoms with Gasteiger partial charge in [-0.2, -0.15) is 0 Å². The molecule has 2 amide bonds. The first-order chi connectivity index (χ1) is 22.3. The lowest BCUT2D eigenvalue weighted by Crippen LogP contribution is -2.32. The van der Waals surface area contributed by atoms with E-state index >= 15 is 0 Å². The Labute approximate surface area is 285 Å². The molecule has 4 aromatic heterocycles. The molecule has 11 heteroatoms. The van der Waals surface area contributed by atoms with Gasteiger partial charge < -0.3 is 20.1 Å². The largest absolute Gasteiger partial charge is 0.444 e. The summed E-state index contributed by atoms with van der Waals surface area (Å²) in [6, 6.07) is 11.6. The van der Waals surface area contributed by atoms with Crippen molar-refractivity contribution in [3.05, 3.63) is 96.0 Å². The highest BCUT2D eigenvalue weighted by Crippen LogP contribution is 2.25. The highest BCUT2D eigenvalue weighted by atomic mass is 79.9. The second-order valence-electron chi connectivity index (χ2n) is 11.5. The maximum Gasteiger partial charge on any atom is 0.408 e. The molecule has 0 spiro atoms. The quantitative estimate of drug-likeness (QED) is 0.217. The fourth-order valence-corrected chi connectivity index (χ4v) is 3.89. The van der Waals surface area contributed by atoms with Crippen LogP contribution in [0.15, 0.2) is 90.4 Å². The lowest BCUT2D eigenvalue weighted by atomic mass is 10.0. The van der Waals surface area contributed by atoms with Gasteiger partial charge in [0.25, 0.3) is 0 Å². The number of terminal acetylenes is 1. The number of aromatic nitrogens is 4. The van der Waals surface area contributed by atoms with Crippen LogP contribution >= 0.6 is 15.9 Å². The van der Waals surface area contributed by atoms with Gasteiger partial charge in [0.05, 0.1) is 18.7 Å². The molecule has 4 heterocycles. The zero-order valence-electron chi connectivity index (χ0n) is 27.4. The summed E-state index contributed by atoms with van der Waals surface area (Å²) in [5.74, 6) is 8.20. The van der Waals surface area contributed by atoms with Gasteiger partial charge in [-0.1, -0.05) is 29.9 Å². The lowest BCUT2D eigenvalue weighted by molar-refractivity contribution is 0.0523. The molecule has 4 aromatic rings. The zero-order chi connectivity index (χ0) is 34.7. The predicted octanol–water partition coefficient (Wildman–Crippen LogP) is 7.07. The maximum atomic E-state index is 11.5. The summed E-state index contributed by atoms with van der Waals surface area (Å²) in [6.07, 6.45) is 18.0. The topological polar surface area (TPSA) is 128 Å². The molecule has 0 saturated heterocycles. The second-order valence-corrected chi connectivity index (χ2v) is 12.3. The molecular weight excluding hydrogens is 660 g/mol. The molecule has 4 rings (SSSR count). The molecule has 0 bridgehead atoms. The molecule has 0 atom stereocenters. The van der Waals surface area contributed by atoms with Crippen LogP contribution in [0.5, 0.6) is 0 Å². The van der Waals surface area contributed by atoms with Crippen molar-refractivity contribution in [2.75, 3.05) is 13.1 Å². The van der Waals surface area contributed by atoms with Gasteiger partial charge in [-0.05, 0) is 81.7 Å². The number of nitrogens with one attached hydrogen (secondary N) is 2. The maximum absolute atomic E-state index is 11.5. The minimum Gasteiger partial charge on any atom is -0.444 e. The van der Waals surface area contributed by atoms with Crippen LogP contribution in [-0.2, 0) is 9.47 Å². The zero-order valence-corrected chi connectivity index (χ0v) is 29.0. The first kappa shape index (κ1) is 37.9. The summed E-state index contributed by atoms with van der Waals surface area (Å²) in [4.78, 5) is 38.6. The van der Waals surface area contributed by atoms with Crippen molar-refractivity contribution in [2.45, 2.75) is 52.7 Å². The van der Waals surface area contributed by atoms with Crippen molar-refractivity contribution >= 4 is 28.1 Å². The van der Waals surface area contributed by atoms with Crippen molar-refractivity contribution in [1.29, 1.82) is 0 Å². The predicted molar refractivity (Wildman–Crippen MR) is 187 cm³/mol. The van der Waals surface area contributed by atoms with E-state index in [0.29, 0.717) is 0 Å². The Morgan fingerprint density at radius 1 is 0.723 bits per heavy atom. The van der Waals surface area contributed by atoms with Gasteiger partial charge in [-0.25, -0.2) is 9.59 Å². The highest BCUT2D eigenvalue weighted by molar-refractivity contribution is 9.10. The van der Waals surface area contributed by atoms with Crippen LogP contribution in [0.2, 0.25) is 0 Å². The molecule has 0 aliphatic rings. The summed E-state index contributed by atoms with van der Waals surface area (Å²) in [5, 5.41) is 4.99. The molecule has 47 heavy (non-hydrogen) atoms. The van der Waals surface area contributed by atoms with E-state index in [2.05, 4.69) is 64.3 Å². The van der Waals surface area contributed by atoms with Crippen molar-refractivity contribution in [1.82, 2.24) is 30.6 Å². The summed E-state index contributed by atoms with van der Waals surface area (Å²) in [5.41, 5.74) is 3.94. The summed E-state index contributed by atoms with van der Waals surface area (Å²) >= 11 is 3.44. The van der Waals surface area contributed by atoms with Crippen LogP contribution in [0.4, 0.5) is 9.59 Å². The Morgan fingerprint density at radius 2 is 1.21 bits per heavy atom. The molecule has 0 radical (unpaired) electrons. The average Bonchev–Trinajstić information content (AvgIpc) is 3.02. The third-order valence-electron chi connectivity index (χ3n) is 5.22. The number of halogens is 1. The highest BCUT2D eigenvalue weighted by Gasteiger charge is 2.15. The van der Waals surface area contributed by atoms with Gasteiger partial charge in [0, 0.05) is 76.3 Å². The van der Waals surface area contributed by atoms with E-state index in [-0.39, 0.29) is 13.1 Å². The van der Waals surface area contributed by atoms with Crippen LogP contribution in [0.3, 0.4) is 0 Å². The third-order valence-corrected chi connectivity index (χ3v) is 5.85. The molecule has 0 saturated carbocycles. The van der Waals surface area contributed by atoms with Crippen LogP contribution in [0.1, 0.15) is 47.1 Å². The van der Waals surface area contributed by atoms with E-state index in [1.54, 1.807) is 64.1 Å². The van der Waals surface area contributed by atoms with Crippen LogP contribution in [-0.4, -0.2) is 56.4 Å². The van der Waals surface area contributed by atoms with E-state index in [4.69, 9.17) is 15.9 Å². The fraction of sp³-hybridized carbons (Fsp3) is 0.278. The van der Waals surface area contributed by atoms with Gasteiger partial charge >= 0.3 is 12.2 Å². The standard InChI is InChI=1S/C18H19N3O2.C10H7BrN2.C8H13NO2/c1-18(2,3)23-17(22)21-10-5-7-15-13-20-11-8-16(15)14-6-4-9-19-12-14;11-10-7-13-5-3-9(10)8-2-1-4-12-6-8;1-5-6-9-7(10)11-8(2,3)4/h4,6,8-9,11-13H,10H2,1-3H3,(H,21,22);1-7H;1H,6H2,2-4H3,(H,9,10). The van der Waals surface area contributed by atoms with E-state index in [1.165, 1.54) is 0 Å². The van der Waals surface area contributed by atoms with Gasteiger partial charge in [-0.3, -0.25) is 19.9 Å². The molecule has 10 nitrogen and oxygen atoms in total. The van der Waals surface area contributed by atoms with Crippen LogP contribution in [0, 0.1) is 24.2 Å². The van der Waals surface area contributed by atoms with Gasteiger partial charge in [0.1, 0.15) is 11.2 Å². The van der Waals surface area contributed by atoms with Gasteiger partial charge in [0.15, 0.2) is 0 Å². The number of hydrogen-bond donors (Lipinski definition) is 2. The molecule has 0 aromatic carbocycles. The number of amides is 2. The molecule has 0 aliphatic carbocycles. The number of carbonyl (C=O) groups is 2. The Morgan fingerprint density at radius 3 is 1.70 bits per heavy atom. The fourth-order valence-electron chi connectivity index (χ4n) is 3.41. The summed E-state index contributed by atoms with van der Waals surface area (Å²) < 4.78 is 11.0. The Bertz CT molecular complexity index is 1670. The SMILES string of the molecule is Brc1cnccc1-c1cccnc1.C#CCNC(=O)OC(C)(C)C.CC(C)(C)OC(=O)NCC#Cc1cnccc1-c1cccnc1. The molecular formula is C36H39BrN6O4. The van der Waals surface area contributed by atoms with Gasteiger partial charge in [-0.15, -0.1) is 6.42 Å². The third kappa shape index (κ3) is 16.0. The Kier molecular flexibility index (Phi) is 15.6. The van der Waals surface area contributed by atoms with Crippen LogP contribution < -0.4 is 10.6 Å². The number of nitrogens with zero attached hydrogens (tertiary/aromatic N) is 4. The van der Waals surface area contributed by atoms with Gasteiger partial charge in [0.2, 0.25) is 0 Å². The number of ether oxygens (including phenoxy) is 2. The van der Waals surface area contributed by atoms with Crippen molar-refractivity contribution in [3.8, 4) is 46.4 Å². The summed E-state index contributed by atoms with van der Waals surface area (Å²) in [6.45, 7) is 11.2. The lowest BCUT2D eigenvalue weighted by Gasteiger charge is -2.19. The number of alkyl carbamates (subject to hydrolysis) is 2. The van der Waals surface area contributed by atoms with Crippen molar-refractivity contribution in [3.63, 3.8) is 0 Å². The number of carbonyl (C=O) groups excluding carboxylic acids is 2. The van der Waals surface area contributed by atoms with Crippen molar-refractivity contribution < 1.29 is 19.1 Å². The van der Waals surface area contributed by atoms with E-state index in [9.17, 15) is 9.59 Å². The smallest absolute Gasteiger partial charge is 0.408 e.